The molecule has 90 valence electrons. The summed E-state index contributed by atoms with van der Waals surface area (Å²) in [5, 5.41) is 2.74. The fourth-order valence-electron chi connectivity index (χ4n) is 1.86. The summed E-state index contributed by atoms with van der Waals surface area (Å²) in [6, 6.07) is 4.87. The third-order valence-electron chi connectivity index (χ3n) is 2.73. The molecule has 0 saturated carbocycles. The molecule has 1 unspecified atom stereocenters. The molecule has 6 heteroatoms. The number of amides is 2. The molecule has 6 N–H and O–H groups in total. The van der Waals surface area contributed by atoms with Crippen LogP contribution in [-0.2, 0) is 22.4 Å². The molecule has 2 amide bonds. The van der Waals surface area contributed by atoms with Crippen LogP contribution in [0.2, 0.25) is 0 Å². The summed E-state index contributed by atoms with van der Waals surface area (Å²) in [6.07, 6.45) is 0.770. The highest BCUT2D eigenvalue weighted by Crippen LogP contribution is 2.24. The molecule has 1 aromatic rings. The Morgan fingerprint density at radius 1 is 1.53 bits per heavy atom. The summed E-state index contributed by atoms with van der Waals surface area (Å²) < 4.78 is 0. The Morgan fingerprint density at radius 2 is 2.29 bits per heavy atom. The number of hydrazine groups is 1. The average Bonchev–Trinajstić information content (AvgIpc) is 2.67. The molecule has 0 aliphatic carbocycles. The Bertz CT molecular complexity index is 473. The van der Waals surface area contributed by atoms with Crippen molar-refractivity contribution in [2.24, 2.45) is 11.6 Å². The van der Waals surface area contributed by atoms with Crippen LogP contribution in [0, 0.1) is 0 Å². The molecule has 17 heavy (non-hydrogen) atoms. The summed E-state index contributed by atoms with van der Waals surface area (Å²) in [5.41, 5.74) is 10.4. The van der Waals surface area contributed by atoms with Crippen LogP contribution >= 0.6 is 0 Å². The normalized spacial score (nSPS) is 15.1. The largest absolute Gasteiger partial charge is 0.326 e. The predicted octanol–water partition coefficient (Wildman–Crippen LogP) is -0.959. The zero-order chi connectivity index (χ0) is 12.4. The molecule has 0 radical (unpaired) electrons. The molecule has 1 atom stereocenters. The second-order valence-corrected chi connectivity index (χ2v) is 4.04. The summed E-state index contributed by atoms with van der Waals surface area (Å²) >= 11 is 0. The van der Waals surface area contributed by atoms with Crippen molar-refractivity contribution in [3.8, 4) is 0 Å². The van der Waals surface area contributed by atoms with Crippen molar-refractivity contribution in [3.05, 3.63) is 29.3 Å². The summed E-state index contributed by atoms with van der Waals surface area (Å²) in [4.78, 5) is 22.3. The number of anilines is 1. The highest BCUT2D eigenvalue weighted by Gasteiger charge is 2.19. The van der Waals surface area contributed by atoms with Crippen molar-refractivity contribution >= 4 is 17.5 Å². The van der Waals surface area contributed by atoms with Gasteiger partial charge in [0.2, 0.25) is 5.91 Å². The number of fused-ring (bicyclic) bond motifs is 1. The molecular weight excluding hydrogens is 220 g/mol. The summed E-state index contributed by atoms with van der Waals surface area (Å²) in [6.45, 7) is 0. The SMILES string of the molecule is NNC(=O)C(N)Cc1ccc2c(c1)CC(=O)N2. The van der Waals surface area contributed by atoms with Gasteiger partial charge in [0.15, 0.2) is 0 Å². The van der Waals surface area contributed by atoms with Crippen LogP contribution in [0.25, 0.3) is 0 Å². The average molecular weight is 234 g/mol. The van der Waals surface area contributed by atoms with E-state index in [0.29, 0.717) is 12.8 Å². The lowest BCUT2D eigenvalue weighted by Gasteiger charge is -2.10. The molecule has 0 spiro atoms. The number of hydrogen-bond donors (Lipinski definition) is 4. The van der Waals surface area contributed by atoms with Crippen molar-refractivity contribution < 1.29 is 9.59 Å². The van der Waals surface area contributed by atoms with Crippen molar-refractivity contribution in [2.45, 2.75) is 18.9 Å². The van der Waals surface area contributed by atoms with Crippen LogP contribution in [0.5, 0.6) is 0 Å². The molecule has 1 aromatic carbocycles. The van der Waals surface area contributed by atoms with Gasteiger partial charge in [-0.15, -0.1) is 0 Å². The topological polar surface area (TPSA) is 110 Å². The first kappa shape index (κ1) is 11.6. The van der Waals surface area contributed by atoms with Crippen LogP contribution in [0.1, 0.15) is 11.1 Å². The first-order valence-corrected chi connectivity index (χ1v) is 5.28. The maximum atomic E-state index is 11.2. The Kier molecular flexibility index (Phi) is 3.08. The highest BCUT2D eigenvalue weighted by atomic mass is 16.2. The lowest BCUT2D eigenvalue weighted by Crippen LogP contribution is -2.45. The standard InChI is InChI=1S/C11H14N4O2/c12-8(11(17)15-13)4-6-1-2-9-7(3-6)5-10(16)14-9/h1-3,8H,4-5,12-13H2,(H,14,16)(H,15,17). The van der Waals surface area contributed by atoms with Gasteiger partial charge in [0, 0.05) is 5.69 Å². The minimum atomic E-state index is -0.678. The predicted molar refractivity (Wildman–Crippen MR) is 62.8 cm³/mol. The zero-order valence-electron chi connectivity index (χ0n) is 9.19. The molecule has 2 rings (SSSR count). The van der Waals surface area contributed by atoms with Crippen LogP contribution in [0.3, 0.4) is 0 Å². The van der Waals surface area contributed by atoms with Crippen LogP contribution in [-0.4, -0.2) is 17.9 Å². The second kappa shape index (κ2) is 4.52. The smallest absolute Gasteiger partial charge is 0.251 e. The van der Waals surface area contributed by atoms with E-state index in [4.69, 9.17) is 11.6 Å². The van der Waals surface area contributed by atoms with Gasteiger partial charge in [0.05, 0.1) is 12.5 Å². The molecule has 0 aromatic heterocycles. The van der Waals surface area contributed by atoms with Crippen molar-refractivity contribution in [1.82, 2.24) is 5.43 Å². The number of carbonyl (C=O) groups excluding carboxylic acids is 2. The van der Waals surface area contributed by atoms with E-state index in [-0.39, 0.29) is 5.91 Å². The van der Waals surface area contributed by atoms with Gasteiger partial charge in [-0.1, -0.05) is 12.1 Å². The van der Waals surface area contributed by atoms with Gasteiger partial charge in [-0.3, -0.25) is 15.0 Å². The van der Waals surface area contributed by atoms with E-state index in [1.165, 1.54) is 0 Å². The first-order chi connectivity index (χ1) is 8.10. The Balaban J connectivity index is 2.11. The van der Waals surface area contributed by atoms with Gasteiger partial charge in [-0.2, -0.15) is 0 Å². The molecule has 0 bridgehead atoms. The van der Waals surface area contributed by atoms with Crippen LogP contribution in [0.4, 0.5) is 5.69 Å². The van der Waals surface area contributed by atoms with E-state index in [1.807, 2.05) is 23.6 Å². The second-order valence-electron chi connectivity index (χ2n) is 4.04. The molecule has 6 nitrogen and oxygen atoms in total. The number of nitrogens with one attached hydrogen (secondary N) is 2. The van der Waals surface area contributed by atoms with Gasteiger partial charge >= 0.3 is 0 Å². The fraction of sp³-hybridized carbons (Fsp3) is 0.273. The zero-order valence-corrected chi connectivity index (χ0v) is 9.19. The third kappa shape index (κ3) is 2.43. The number of carbonyl (C=O) groups is 2. The molecule has 1 aliphatic rings. The van der Waals surface area contributed by atoms with E-state index < -0.39 is 11.9 Å². The molecule has 1 aliphatic heterocycles. The highest BCUT2D eigenvalue weighted by molar-refractivity contribution is 5.99. The quantitative estimate of drug-likeness (QED) is 0.307. The number of benzene rings is 1. The maximum Gasteiger partial charge on any atom is 0.251 e. The molecular formula is C11H14N4O2. The lowest BCUT2D eigenvalue weighted by atomic mass is 10.0. The van der Waals surface area contributed by atoms with E-state index >= 15 is 0 Å². The molecule has 0 saturated heterocycles. The van der Waals surface area contributed by atoms with Gasteiger partial charge < -0.3 is 11.1 Å². The van der Waals surface area contributed by atoms with Crippen LogP contribution < -0.4 is 22.3 Å². The van der Waals surface area contributed by atoms with Crippen molar-refractivity contribution in [1.29, 1.82) is 0 Å². The van der Waals surface area contributed by atoms with Gasteiger partial charge in [-0.05, 0) is 23.6 Å². The summed E-state index contributed by atoms with van der Waals surface area (Å²) in [5.74, 6) is 4.58. The Labute approximate surface area is 98.3 Å². The minimum absolute atomic E-state index is 0.0128. The Morgan fingerprint density at radius 3 is 3.00 bits per heavy atom. The molecule has 0 fully saturated rings. The van der Waals surface area contributed by atoms with Crippen molar-refractivity contribution in [3.63, 3.8) is 0 Å². The van der Waals surface area contributed by atoms with Gasteiger partial charge in [0.25, 0.3) is 5.91 Å². The van der Waals surface area contributed by atoms with Gasteiger partial charge in [-0.25, -0.2) is 5.84 Å². The van der Waals surface area contributed by atoms with Gasteiger partial charge in [0.1, 0.15) is 0 Å². The first-order valence-electron chi connectivity index (χ1n) is 5.28. The Hall–Kier alpha value is -1.92. The van der Waals surface area contributed by atoms with E-state index in [9.17, 15) is 9.59 Å². The van der Waals surface area contributed by atoms with E-state index in [2.05, 4.69) is 5.32 Å². The molecule has 1 heterocycles. The minimum Gasteiger partial charge on any atom is -0.326 e. The van der Waals surface area contributed by atoms with Crippen molar-refractivity contribution in [2.75, 3.05) is 5.32 Å². The maximum absolute atomic E-state index is 11.2. The van der Waals surface area contributed by atoms with E-state index in [1.54, 1.807) is 0 Å². The van der Waals surface area contributed by atoms with Crippen LogP contribution in [0.15, 0.2) is 18.2 Å². The fourth-order valence-corrected chi connectivity index (χ4v) is 1.86. The summed E-state index contributed by atoms with van der Waals surface area (Å²) in [7, 11) is 0. The number of rotatable bonds is 3. The third-order valence-corrected chi connectivity index (χ3v) is 2.73. The van der Waals surface area contributed by atoms with E-state index in [0.717, 1.165) is 16.8 Å². The monoisotopic (exact) mass is 234 g/mol. The number of hydrogen-bond acceptors (Lipinski definition) is 4. The lowest BCUT2D eigenvalue weighted by molar-refractivity contribution is -0.122. The number of nitrogens with two attached hydrogens (primary N) is 2.